The van der Waals surface area contributed by atoms with E-state index in [1.165, 1.54) is 7.11 Å². The Balaban J connectivity index is 1.92. The van der Waals surface area contributed by atoms with Crippen molar-refractivity contribution in [2.24, 2.45) is 0 Å². The highest BCUT2D eigenvalue weighted by molar-refractivity contribution is 6.30. The van der Waals surface area contributed by atoms with Gasteiger partial charge in [0.1, 0.15) is 5.75 Å². The van der Waals surface area contributed by atoms with Crippen LogP contribution in [0.5, 0.6) is 5.75 Å². The molecule has 5 nitrogen and oxygen atoms in total. The first kappa shape index (κ1) is 16.8. The van der Waals surface area contributed by atoms with Gasteiger partial charge in [-0.3, -0.25) is 4.79 Å². The topological polar surface area (TPSA) is 64.6 Å². The number of halogens is 1. The van der Waals surface area contributed by atoms with Crippen LogP contribution in [0, 0.1) is 6.92 Å². The van der Waals surface area contributed by atoms with Crippen LogP contribution in [0.2, 0.25) is 5.02 Å². The monoisotopic (exact) mass is 333 g/mol. The Hall–Kier alpha value is -2.53. The number of hydrogen-bond donors (Lipinski definition) is 1. The smallest absolute Gasteiger partial charge is 0.338 e. The zero-order valence-electron chi connectivity index (χ0n) is 12.8. The third-order valence-electron chi connectivity index (χ3n) is 3.09. The molecule has 0 saturated heterocycles. The van der Waals surface area contributed by atoms with Gasteiger partial charge in [0.25, 0.3) is 5.91 Å². The number of carbonyl (C=O) groups is 2. The maximum atomic E-state index is 12.0. The normalized spacial score (nSPS) is 10.0. The fraction of sp³-hybridized carbons (Fsp3) is 0.176. The summed E-state index contributed by atoms with van der Waals surface area (Å²) in [6.07, 6.45) is 0. The molecule has 0 fully saturated rings. The quantitative estimate of drug-likeness (QED) is 0.851. The van der Waals surface area contributed by atoms with Crippen molar-refractivity contribution in [1.82, 2.24) is 0 Å². The Kier molecular flexibility index (Phi) is 5.60. The Morgan fingerprint density at radius 3 is 2.65 bits per heavy atom. The molecule has 1 N–H and O–H groups in total. The van der Waals surface area contributed by atoms with Gasteiger partial charge in [-0.2, -0.15) is 0 Å². The summed E-state index contributed by atoms with van der Waals surface area (Å²) in [6.45, 7) is 1.48. The summed E-state index contributed by atoms with van der Waals surface area (Å²) in [7, 11) is 1.52. The average molecular weight is 334 g/mol. The number of anilines is 1. The zero-order chi connectivity index (χ0) is 16.8. The molecule has 23 heavy (non-hydrogen) atoms. The summed E-state index contributed by atoms with van der Waals surface area (Å²) in [6, 6.07) is 11.6. The van der Waals surface area contributed by atoms with Gasteiger partial charge in [0.05, 0.1) is 12.7 Å². The van der Waals surface area contributed by atoms with E-state index in [0.717, 1.165) is 5.56 Å². The Labute approximate surface area is 139 Å². The molecule has 2 aromatic rings. The van der Waals surface area contributed by atoms with E-state index in [4.69, 9.17) is 21.1 Å². The molecule has 6 heteroatoms. The van der Waals surface area contributed by atoms with Crippen molar-refractivity contribution < 1.29 is 19.1 Å². The minimum Gasteiger partial charge on any atom is -0.496 e. The van der Waals surface area contributed by atoms with Gasteiger partial charge in [-0.1, -0.05) is 23.7 Å². The summed E-state index contributed by atoms with van der Waals surface area (Å²) >= 11 is 5.83. The van der Waals surface area contributed by atoms with Crippen LogP contribution in [-0.2, 0) is 9.53 Å². The molecule has 2 aromatic carbocycles. The molecule has 0 atom stereocenters. The molecule has 0 spiro atoms. The molecule has 0 heterocycles. The second-order valence-electron chi connectivity index (χ2n) is 4.82. The molecule has 0 unspecified atom stereocenters. The second-order valence-corrected chi connectivity index (χ2v) is 5.26. The van der Waals surface area contributed by atoms with Gasteiger partial charge in [-0.05, 0) is 42.8 Å². The lowest BCUT2D eigenvalue weighted by Gasteiger charge is -2.09. The molecule has 0 aromatic heterocycles. The maximum Gasteiger partial charge on any atom is 0.338 e. The lowest BCUT2D eigenvalue weighted by Crippen LogP contribution is -2.20. The highest BCUT2D eigenvalue weighted by Gasteiger charge is 2.12. The number of aryl methyl sites for hydroxylation is 1. The Bertz CT molecular complexity index is 730. The fourth-order valence-corrected chi connectivity index (χ4v) is 2.11. The predicted molar refractivity (Wildman–Crippen MR) is 88.1 cm³/mol. The van der Waals surface area contributed by atoms with Gasteiger partial charge >= 0.3 is 5.97 Å². The summed E-state index contributed by atoms with van der Waals surface area (Å²) in [4.78, 5) is 23.7. The van der Waals surface area contributed by atoms with Crippen molar-refractivity contribution in [2.75, 3.05) is 19.0 Å². The number of methoxy groups -OCH3 is 1. The van der Waals surface area contributed by atoms with Gasteiger partial charge in [0, 0.05) is 10.7 Å². The van der Waals surface area contributed by atoms with E-state index in [1.54, 1.807) is 42.5 Å². The highest BCUT2D eigenvalue weighted by atomic mass is 35.5. The van der Waals surface area contributed by atoms with E-state index in [1.807, 2.05) is 6.92 Å². The summed E-state index contributed by atoms with van der Waals surface area (Å²) in [5.74, 6) is -0.452. The van der Waals surface area contributed by atoms with Gasteiger partial charge in [0.15, 0.2) is 6.61 Å². The van der Waals surface area contributed by atoms with E-state index in [2.05, 4.69) is 5.32 Å². The van der Waals surface area contributed by atoms with Crippen LogP contribution in [0.4, 0.5) is 5.69 Å². The highest BCUT2D eigenvalue weighted by Crippen LogP contribution is 2.19. The van der Waals surface area contributed by atoms with E-state index >= 15 is 0 Å². The van der Waals surface area contributed by atoms with Gasteiger partial charge < -0.3 is 14.8 Å². The van der Waals surface area contributed by atoms with E-state index < -0.39 is 11.9 Å². The van der Waals surface area contributed by atoms with Crippen LogP contribution in [0.1, 0.15) is 15.9 Å². The minimum atomic E-state index is -0.593. The molecule has 2 rings (SSSR count). The van der Waals surface area contributed by atoms with Crippen molar-refractivity contribution in [3.63, 3.8) is 0 Å². The van der Waals surface area contributed by atoms with Crippen LogP contribution in [0.25, 0.3) is 0 Å². The fourth-order valence-electron chi connectivity index (χ4n) is 1.92. The number of amides is 1. The number of esters is 1. The minimum absolute atomic E-state index is 0.322. The first-order valence-corrected chi connectivity index (χ1v) is 7.24. The number of benzene rings is 2. The predicted octanol–water partition coefficient (Wildman–Crippen LogP) is 3.45. The average Bonchev–Trinajstić information content (AvgIpc) is 2.53. The number of nitrogens with one attached hydrogen (secondary N) is 1. The molecule has 0 radical (unpaired) electrons. The number of rotatable bonds is 5. The van der Waals surface area contributed by atoms with Crippen LogP contribution < -0.4 is 10.1 Å². The molecule has 0 aliphatic heterocycles. The van der Waals surface area contributed by atoms with E-state index in [9.17, 15) is 9.59 Å². The van der Waals surface area contributed by atoms with Crippen molar-refractivity contribution >= 4 is 29.2 Å². The lowest BCUT2D eigenvalue weighted by atomic mass is 10.1. The van der Waals surface area contributed by atoms with E-state index in [-0.39, 0.29) is 6.61 Å². The van der Waals surface area contributed by atoms with Gasteiger partial charge in [-0.15, -0.1) is 0 Å². The molecule has 1 amide bonds. The Morgan fingerprint density at radius 1 is 1.17 bits per heavy atom. The SMILES string of the molecule is COc1cc(C(=O)OCC(=O)Nc2cccc(Cl)c2)ccc1C. The lowest BCUT2D eigenvalue weighted by molar-refractivity contribution is -0.119. The molecular formula is C17H16ClNO4. The Morgan fingerprint density at radius 2 is 1.96 bits per heavy atom. The zero-order valence-corrected chi connectivity index (χ0v) is 13.5. The van der Waals surface area contributed by atoms with Gasteiger partial charge in [0.2, 0.25) is 0 Å². The van der Waals surface area contributed by atoms with Crippen molar-refractivity contribution in [3.8, 4) is 5.75 Å². The van der Waals surface area contributed by atoms with Crippen LogP contribution in [0.3, 0.4) is 0 Å². The molecule has 0 bridgehead atoms. The largest absolute Gasteiger partial charge is 0.496 e. The standard InChI is InChI=1S/C17H16ClNO4/c1-11-6-7-12(8-15(11)22-2)17(21)23-10-16(20)19-14-5-3-4-13(18)9-14/h3-9H,10H2,1-2H3,(H,19,20). The van der Waals surface area contributed by atoms with E-state index in [0.29, 0.717) is 22.0 Å². The second kappa shape index (κ2) is 7.65. The van der Waals surface area contributed by atoms with Crippen molar-refractivity contribution in [1.29, 1.82) is 0 Å². The molecule has 120 valence electrons. The summed E-state index contributed by atoms with van der Waals surface area (Å²) in [5, 5.41) is 3.10. The number of hydrogen-bond acceptors (Lipinski definition) is 4. The number of carbonyl (C=O) groups excluding carboxylic acids is 2. The van der Waals surface area contributed by atoms with Gasteiger partial charge in [-0.25, -0.2) is 4.79 Å². The first-order valence-electron chi connectivity index (χ1n) is 6.87. The van der Waals surface area contributed by atoms with Crippen LogP contribution >= 0.6 is 11.6 Å². The maximum absolute atomic E-state index is 12.0. The van der Waals surface area contributed by atoms with Crippen LogP contribution in [-0.4, -0.2) is 25.6 Å². The molecule has 0 saturated carbocycles. The third-order valence-corrected chi connectivity index (χ3v) is 3.32. The van der Waals surface area contributed by atoms with Crippen molar-refractivity contribution in [3.05, 3.63) is 58.6 Å². The summed E-state index contributed by atoms with van der Waals surface area (Å²) < 4.78 is 10.1. The summed E-state index contributed by atoms with van der Waals surface area (Å²) in [5.41, 5.74) is 1.77. The molecule has 0 aliphatic rings. The molecular weight excluding hydrogens is 318 g/mol. The number of ether oxygens (including phenoxy) is 2. The third kappa shape index (κ3) is 4.72. The van der Waals surface area contributed by atoms with Crippen LogP contribution in [0.15, 0.2) is 42.5 Å². The molecule has 0 aliphatic carbocycles. The van der Waals surface area contributed by atoms with Crippen molar-refractivity contribution in [2.45, 2.75) is 6.92 Å². The first-order chi connectivity index (χ1) is 11.0.